The fourth-order valence-electron chi connectivity index (χ4n) is 1.84. The normalized spacial score (nSPS) is 10.9. The Morgan fingerprint density at radius 3 is 2.84 bits per heavy atom. The molecule has 0 radical (unpaired) electrons. The van der Waals surface area contributed by atoms with E-state index in [1.807, 2.05) is 31.2 Å². The molecule has 0 spiro atoms. The van der Waals surface area contributed by atoms with Crippen LogP contribution in [0.5, 0.6) is 0 Å². The minimum absolute atomic E-state index is 0.750. The molecule has 1 heterocycles. The average molecular weight is 343 g/mol. The molecule has 0 atom stereocenters. The molecule has 102 valence electrons. The van der Waals surface area contributed by atoms with E-state index >= 15 is 0 Å². The van der Waals surface area contributed by atoms with Gasteiger partial charge in [-0.15, -0.1) is 0 Å². The standard InChI is InChI=1S/C15H17BrClNO/c1-3-6-18-9-11-4-5-15(19-11)12-8-14(17)10(2)7-13(12)16/h4-5,7-8,18H,3,6,9H2,1-2H3. The summed E-state index contributed by atoms with van der Waals surface area (Å²) in [4.78, 5) is 0. The van der Waals surface area contributed by atoms with E-state index in [0.717, 1.165) is 51.7 Å². The van der Waals surface area contributed by atoms with Gasteiger partial charge in [0.1, 0.15) is 11.5 Å². The van der Waals surface area contributed by atoms with Gasteiger partial charge in [-0.25, -0.2) is 0 Å². The number of furan rings is 1. The highest BCUT2D eigenvalue weighted by Gasteiger charge is 2.10. The third kappa shape index (κ3) is 3.62. The Morgan fingerprint density at radius 1 is 1.32 bits per heavy atom. The quantitative estimate of drug-likeness (QED) is 0.758. The molecule has 0 aliphatic carbocycles. The molecule has 2 nitrogen and oxygen atoms in total. The van der Waals surface area contributed by atoms with Gasteiger partial charge in [-0.05, 0) is 49.7 Å². The van der Waals surface area contributed by atoms with Crippen molar-refractivity contribution in [1.29, 1.82) is 0 Å². The van der Waals surface area contributed by atoms with Gasteiger partial charge < -0.3 is 9.73 Å². The maximum absolute atomic E-state index is 6.17. The van der Waals surface area contributed by atoms with E-state index in [2.05, 4.69) is 28.2 Å². The van der Waals surface area contributed by atoms with Crippen LogP contribution in [0.2, 0.25) is 5.02 Å². The maximum atomic E-state index is 6.17. The summed E-state index contributed by atoms with van der Waals surface area (Å²) in [6.07, 6.45) is 1.12. The van der Waals surface area contributed by atoms with Gasteiger partial charge >= 0.3 is 0 Å². The van der Waals surface area contributed by atoms with E-state index in [9.17, 15) is 0 Å². The maximum Gasteiger partial charge on any atom is 0.135 e. The van der Waals surface area contributed by atoms with E-state index < -0.39 is 0 Å². The van der Waals surface area contributed by atoms with Crippen molar-refractivity contribution in [2.24, 2.45) is 0 Å². The predicted molar refractivity (Wildman–Crippen MR) is 83.6 cm³/mol. The molecule has 0 saturated heterocycles. The second-order valence-corrected chi connectivity index (χ2v) is 5.79. The van der Waals surface area contributed by atoms with Crippen molar-refractivity contribution in [3.63, 3.8) is 0 Å². The number of aryl methyl sites for hydroxylation is 1. The average Bonchev–Trinajstić information content (AvgIpc) is 2.83. The minimum Gasteiger partial charge on any atom is -0.460 e. The summed E-state index contributed by atoms with van der Waals surface area (Å²) in [5.41, 5.74) is 2.03. The Labute approximate surface area is 127 Å². The molecule has 0 aliphatic heterocycles. The lowest BCUT2D eigenvalue weighted by molar-refractivity contribution is 0.493. The second-order valence-electron chi connectivity index (χ2n) is 4.52. The molecule has 1 aromatic carbocycles. The summed E-state index contributed by atoms with van der Waals surface area (Å²) >= 11 is 9.73. The van der Waals surface area contributed by atoms with Gasteiger partial charge in [-0.3, -0.25) is 0 Å². The SMILES string of the molecule is CCCNCc1ccc(-c2cc(Cl)c(C)cc2Br)o1. The molecule has 0 saturated carbocycles. The molecule has 1 N–H and O–H groups in total. The van der Waals surface area contributed by atoms with Crippen LogP contribution in [-0.4, -0.2) is 6.54 Å². The first-order valence-electron chi connectivity index (χ1n) is 6.37. The lowest BCUT2D eigenvalue weighted by Gasteiger charge is -2.05. The Morgan fingerprint density at radius 2 is 2.11 bits per heavy atom. The first kappa shape index (κ1) is 14.6. The Balaban J connectivity index is 2.20. The molecule has 0 unspecified atom stereocenters. The van der Waals surface area contributed by atoms with Crippen LogP contribution in [0.1, 0.15) is 24.7 Å². The molecular weight excluding hydrogens is 326 g/mol. The van der Waals surface area contributed by atoms with Crippen LogP contribution < -0.4 is 5.32 Å². The topological polar surface area (TPSA) is 25.2 Å². The van der Waals surface area contributed by atoms with Gasteiger partial charge in [0, 0.05) is 15.1 Å². The van der Waals surface area contributed by atoms with Crippen molar-refractivity contribution >= 4 is 27.5 Å². The van der Waals surface area contributed by atoms with Crippen LogP contribution in [-0.2, 0) is 6.54 Å². The predicted octanol–water partition coefficient (Wildman–Crippen LogP) is 5.17. The zero-order valence-corrected chi connectivity index (χ0v) is 13.4. The highest BCUT2D eigenvalue weighted by atomic mass is 79.9. The fourth-order valence-corrected chi connectivity index (χ4v) is 2.66. The zero-order valence-electron chi connectivity index (χ0n) is 11.1. The van der Waals surface area contributed by atoms with E-state index in [1.165, 1.54) is 0 Å². The summed E-state index contributed by atoms with van der Waals surface area (Å²) in [5.74, 6) is 1.77. The molecule has 2 rings (SSSR count). The Hall–Kier alpha value is -0.770. The molecule has 4 heteroatoms. The minimum atomic E-state index is 0.750. The van der Waals surface area contributed by atoms with Crippen molar-refractivity contribution in [3.05, 3.63) is 45.1 Å². The fraction of sp³-hybridized carbons (Fsp3) is 0.333. The number of hydrogen-bond donors (Lipinski definition) is 1. The summed E-state index contributed by atoms with van der Waals surface area (Å²) in [6.45, 7) is 5.88. The smallest absolute Gasteiger partial charge is 0.135 e. The van der Waals surface area contributed by atoms with Gasteiger partial charge in [0.15, 0.2) is 0 Å². The molecule has 0 aliphatic rings. The third-order valence-corrected chi connectivity index (χ3v) is 3.96. The molecule has 0 amide bonds. The van der Waals surface area contributed by atoms with Crippen LogP contribution in [0.3, 0.4) is 0 Å². The summed E-state index contributed by atoms with van der Waals surface area (Å²) in [6, 6.07) is 7.92. The number of hydrogen-bond acceptors (Lipinski definition) is 2. The zero-order chi connectivity index (χ0) is 13.8. The van der Waals surface area contributed by atoms with Crippen LogP contribution in [0.4, 0.5) is 0 Å². The van der Waals surface area contributed by atoms with Crippen LogP contribution >= 0.6 is 27.5 Å². The number of halogens is 2. The summed E-state index contributed by atoms with van der Waals surface area (Å²) < 4.78 is 6.84. The molecular formula is C15H17BrClNO. The molecule has 1 aromatic heterocycles. The molecule has 0 fully saturated rings. The van der Waals surface area contributed by atoms with Gasteiger partial charge in [0.05, 0.1) is 6.54 Å². The van der Waals surface area contributed by atoms with Crippen molar-refractivity contribution in [2.45, 2.75) is 26.8 Å². The third-order valence-electron chi connectivity index (χ3n) is 2.90. The Bertz CT molecular complexity index is 565. The van der Waals surface area contributed by atoms with Gasteiger partial charge in [-0.1, -0.05) is 34.5 Å². The number of benzene rings is 1. The summed E-state index contributed by atoms with van der Waals surface area (Å²) in [7, 11) is 0. The van der Waals surface area contributed by atoms with Crippen molar-refractivity contribution in [2.75, 3.05) is 6.54 Å². The van der Waals surface area contributed by atoms with Gasteiger partial charge in [-0.2, -0.15) is 0 Å². The van der Waals surface area contributed by atoms with Gasteiger partial charge in [0.25, 0.3) is 0 Å². The first-order valence-corrected chi connectivity index (χ1v) is 7.54. The van der Waals surface area contributed by atoms with Crippen molar-refractivity contribution in [3.8, 4) is 11.3 Å². The van der Waals surface area contributed by atoms with Gasteiger partial charge in [0.2, 0.25) is 0 Å². The lowest BCUT2D eigenvalue weighted by atomic mass is 10.1. The number of nitrogens with one attached hydrogen (secondary N) is 1. The molecule has 2 aromatic rings. The largest absolute Gasteiger partial charge is 0.460 e. The van der Waals surface area contributed by atoms with E-state index in [-0.39, 0.29) is 0 Å². The van der Waals surface area contributed by atoms with Crippen LogP contribution in [0, 0.1) is 6.92 Å². The Kier molecular flexibility index (Phi) is 5.08. The van der Waals surface area contributed by atoms with Crippen LogP contribution in [0.25, 0.3) is 11.3 Å². The van der Waals surface area contributed by atoms with Crippen molar-refractivity contribution < 1.29 is 4.42 Å². The van der Waals surface area contributed by atoms with E-state index in [4.69, 9.17) is 16.0 Å². The van der Waals surface area contributed by atoms with Crippen molar-refractivity contribution in [1.82, 2.24) is 5.32 Å². The highest BCUT2D eigenvalue weighted by Crippen LogP contribution is 2.33. The summed E-state index contributed by atoms with van der Waals surface area (Å²) in [5, 5.41) is 4.07. The lowest BCUT2D eigenvalue weighted by Crippen LogP contribution is -2.12. The second kappa shape index (κ2) is 6.60. The van der Waals surface area contributed by atoms with E-state index in [1.54, 1.807) is 0 Å². The monoisotopic (exact) mass is 341 g/mol. The first-order chi connectivity index (χ1) is 9.11. The van der Waals surface area contributed by atoms with Crippen LogP contribution in [0.15, 0.2) is 33.2 Å². The highest BCUT2D eigenvalue weighted by molar-refractivity contribution is 9.10. The number of rotatable bonds is 5. The molecule has 19 heavy (non-hydrogen) atoms. The van der Waals surface area contributed by atoms with E-state index in [0.29, 0.717) is 0 Å². The molecule has 0 bridgehead atoms.